The Labute approximate surface area is 254 Å². The second-order valence-corrected chi connectivity index (χ2v) is 13.9. The van der Waals surface area contributed by atoms with Crippen molar-refractivity contribution in [2.75, 3.05) is 29.4 Å². The first kappa shape index (κ1) is 30.7. The molecule has 0 unspecified atom stereocenters. The monoisotopic (exact) mass is 587 g/mol. The topological polar surface area (TPSA) is 112 Å². The molecule has 5 rings (SSSR count). The number of hydrogen-bond acceptors (Lipinski definition) is 7. The fourth-order valence-corrected chi connectivity index (χ4v) is 6.38. The van der Waals surface area contributed by atoms with Gasteiger partial charge in [-0.15, -0.1) is 0 Å². The Morgan fingerprint density at radius 1 is 1.00 bits per heavy atom. The fraction of sp³-hybridized carbons (Fsp3) is 0.529. The Morgan fingerprint density at radius 3 is 2.33 bits per heavy atom. The summed E-state index contributed by atoms with van der Waals surface area (Å²) in [5.74, 6) is 0.279. The van der Waals surface area contributed by atoms with E-state index < -0.39 is 17.7 Å². The molecule has 0 bridgehead atoms. The maximum atomic E-state index is 12.8. The van der Waals surface area contributed by atoms with E-state index in [0.29, 0.717) is 29.4 Å². The fourth-order valence-electron chi connectivity index (χ4n) is 6.38. The molecule has 4 heterocycles. The number of hydrogen-bond donors (Lipinski definition) is 2. The van der Waals surface area contributed by atoms with Crippen molar-refractivity contribution in [3.05, 3.63) is 68.5 Å². The lowest BCUT2D eigenvalue weighted by atomic mass is 9.81. The van der Waals surface area contributed by atoms with E-state index in [0.717, 1.165) is 61.4 Å². The number of aromatic amines is 1. The van der Waals surface area contributed by atoms with Gasteiger partial charge >= 0.3 is 5.97 Å². The van der Waals surface area contributed by atoms with E-state index in [4.69, 9.17) is 9.72 Å². The predicted octanol–water partition coefficient (Wildman–Crippen LogP) is 5.89. The number of carbonyl (C=O) groups is 1. The molecular formula is C34H45N5O4. The summed E-state index contributed by atoms with van der Waals surface area (Å²) in [6.07, 6.45) is 1.69. The maximum Gasteiger partial charge on any atom is 0.337 e. The van der Waals surface area contributed by atoms with Crippen molar-refractivity contribution in [3.8, 4) is 11.1 Å². The molecular weight excluding hydrogens is 542 g/mol. The molecule has 1 fully saturated rings. The Hall–Kier alpha value is -3.72. The molecule has 0 amide bonds. The van der Waals surface area contributed by atoms with E-state index in [1.807, 2.05) is 34.6 Å². The summed E-state index contributed by atoms with van der Waals surface area (Å²) in [6, 6.07) is 8.07. The van der Waals surface area contributed by atoms with Crippen LogP contribution in [0.25, 0.3) is 11.1 Å². The third kappa shape index (κ3) is 6.61. The van der Waals surface area contributed by atoms with Gasteiger partial charge in [-0.05, 0) is 82.9 Å². The van der Waals surface area contributed by atoms with Crippen molar-refractivity contribution in [1.29, 1.82) is 0 Å². The molecule has 9 heteroatoms. The number of H-pyrrole nitrogens is 1. The highest BCUT2D eigenvalue weighted by molar-refractivity contribution is 5.88. The summed E-state index contributed by atoms with van der Waals surface area (Å²) in [5.41, 5.74) is 6.99. The van der Waals surface area contributed by atoms with Gasteiger partial charge in [0.1, 0.15) is 11.6 Å². The molecule has 0 aliphatic carbocycles. The average Bonchev–Trinajstić information content (AvgIpc) is 2.90. The van der Waals surface area contributed by atoms with Gasteiger partial charge in [0.15, 0.2) is 6.10 Å². The van der Waals surface area contributed by atoms with Gasteiger partial charge in [0.25, 0.3) is 5.56 Å². The van der Waals surface area contributed by atoms with E-state index in [1.54, 1.807) is 13.0 Å². The lowest BCUT2D eigenvalue weighted by Gasteiger charge is -2.41. The van der Waals surface area contributed by atoms with Crippen LogP contribution in [0.15, 0.2) is 29.1 Å². The summed E-state index contributed by atoms with van der Waals surface area (Å²) >= 11 is 0. The minimum atomic E-state index is -1.15. The molecule has 2 aliphatic rings. The number of nitrogens with one attached hydrogen (secondary N) is 1. The first-order valence-electron chi connectivity index (χ1n) is 15.2. The number of carboxylic acid groups (broad SMARTS) is 1. The highest BCUT2D eigenvalue weighted by Gasteiger charge is 2.36. The quantitative estimate of drug-likeness (QED) is 0.367. The number of pyridine rings is 1. The van der Waals surface area contributed by atoms with Crippen molar-refractivity contribution in [2.24, 2.45) is 5.41 Å². The van der Waals surface area contributed by atoms with Crippen LogP contribution in [-0.4, -0.2) is 51.3 Å². The number of anilines is 2. The standard InChI is InChI=1S/C34H45N5O4/c1-20-28(24-9-10-25-19-39(14-11-23(25)17-24)26-18-27(40)37-22(3)36-26)30(38-15-12-34(7,8)13-16-38)29(21(2)35-20)31(32(41)42)43-33(4,5)6/h9-10,17-18,31H,11-16,19H2,1-8H3,(H,41,42)(H,36,37,40)/t31-/m0/s1. The second kappa shape index (κ2) is 11.4. The SMILES string of the molecule is Cc1nc(N2CCc3cc(-c4c(C)nc(C)c([C@H](OC(C)(C)C)C(=O)O)c4N4CCC(C)(C)CC4)ccc3C2)cc(=O)[nH]1. The number of carboxylic acids is 1. The number of ether oxygens (including phenoxy) is 1. The summed E-state index contributed by atoms with van der Waals surface area (Å²) in [6.45, 7) is 19.1. The molecule has 0 saturated carbocycles. The molecule has 2 aliphatic heterocycles. The highest BCUT2D eigenvalue weighted by atomic mass is 16.5. The number of rotatable bonds is 6. The smallest absolute Gasteiger partial charge is 0.337 e. The molecule has 3 aromatic rings. The first-order chi connectivity index (χ1) is 20.1. The van der Waals surface area contributed by atoms with Crippen LogP contribution < -0.4 is 15.4 Å². The molecule has 0 spiro atoms. The molecule has 1 atom stereocenters. The van der Waals surface area contributed by atoms with Crippen molar-refractivity contribution in [2.45, 2.75) is 92.9 Å². The van der Waals surface area contributed by atoms with Gasteiger partial charge in [-0.1, -0.05) is 32.0 Å². The minimum Gasteiger partial charge on any atom is -0.479 e. The number of benzene rings is 1. The zero-order valence-electron chi connectivity index (χ0n) is 26.8. The lowest BCUT2D eigenvalue weighted by molar-refractivity contribution is -0.160. The first-order valence-corrected chi connectivity index (χ1v) is 15.2. The van der Waals surface area contributed by atoms with Crippen LogP contribution >= 0.6 is 0 Å². The summed E-state index contributed by atoms with van der Waals surface area (Å²) in [7, 11) is 0. The average molecular weight is 588 g/mol. The van der Waals surface area contributed by atoms with Crippen LogP contribution in [0, 0.1) is 26.2 Å². The number of aliphatic carboxylic acids is 1. The normalized spacial score (nSPS) is 17.5. The second-order valence-electron chi connectivity index (χ2n) is 13.9. The van der Waals surface area contributed by atoms with E-state index in [1.165, 1.54) is 11.1 Å². The number of nitrogens with zero attached hydrogens (tertiary/aromatic N) is 4. The number of aromatic nitrogens is 3. The summed E-state index contributed by atoms with van der Waals surface area (Å²) in [5, 5.41) is 10.5. The maximum absolute atomic E-state index is 12.8. The molecule has 9 nitrogen and oxygen atoms in total. The summed E-state index contributed by atoms with van der Waals surface area (Å²) in [4.78, 5) is 41.6. The minimum absolute atomic E-state index is 0.148. The zero-order valence-corrected chi connectivity index (χ0v) is 26.8. The molecule has 43 heavy (non-hydrogen) atoms. The van der Waals surface area contributed by atoms with Crippen LogP contribution in [0.2, 0.25) is 0 Å². The third-order valence-electron chi connectivity index (χ3n) is 8.65. The molecule has 0 radical (unpaired) electrons. The van der Waals surface area contributed by atoms with Gasteiger partial charge in [-0.2, -0.15) is 0 Å². The molecule has 2 N–H and O–H groups in total. The van der Waals surface area contributed by atoms with Gasteiger partial charge in [-0.3, -0.25) is 9.78 Å². The van der Waals surface area contributed by atoms with E-state index in [2.05, 4.69) is 51.8 Å². The van der Waals surface area contributed by atoms with E-state index >= 15 is 0 Å². The van der Waals surface area contributed by atoms with Gasteiger partial charge in [-0.25, -0.2) is 9.78 Å². The van der Waals surface area contributed by atoms with Crippen LogP contribution in [0.5, 0.6) is 0 Å². The van der Waals surface area contributed by atoms with Crippen molar-refractivity contribution >= 4 is 17.5 Å². The highest BCUT2D eigenvalue weighted by Crippen LogP contribution is 2.45. The lowest BCUT2D eigenvalue weighted by Crippen LogP contribution is -2.39. The Balaban J connectivity index is 1.62. The number of fused-ring (bicyclic) bond motifs is 1. The molecule has 1 aromatic carbocycles. The van der Waals surface area contributed by atoms with Gasteiger partial charge in [0.05, 0.1) is 11.3 Å². The Morgan fingerprint density at radius 2 is 1.70 bits per heavy atom. The van der Waals surface area contributed by atoms with E-state index in [9.17, 15) is 14.7 Å². The van der Waals surface area contributed by atoms with Crippen molar-refractivity contribution in [1.82, 2.24) is 15.0 Å². The summed E-state index contributed by atoms with van der Waals surface area (Å²) < 4.78 is 6.23. The van der Waals surface area contributed by atoms with Gasteiger partial charge in [0.2, 0.25) is 0 Å². The third-order valence-corrected chi connectivity index (χ3v) is 8.65. The van der Waals surface area contributed by atoms with Gasteiger partial charge in [0, 0.05) is 54.8 Å². The molecule has 1 saturated heterocycles. The zero-order chi connectivity index (χ0) is 31.3. The Kier molecular flexibility index (Phi) is 8.15. The Bertz CT molecular complexity index is 1590. The molecule has 230 valence electrons. The van der Waals surface area contributed by atoms with Crippen LogP contribution in [-0.2, 0) is 22.5 Å². The largest absolute Gasteiger partial charge is 0.479 e. The molecule has 2 aromatic heterocycles. The van der Waals surface area contributed by atoms with Crippen LogP contribution in [0.1, 0.15) is 87.5 Å². The predicted molar refractivity (Wildman–Crippen MR) is 170 cm³/mol. The number of piperidine rings is 1. The van der Waals surface area contributed by atoms with Crippen molar-refractivity contribution in [3.63, 3.8) is 0 Å². The van der Waals surface area contributed by atoms with E-state index in [-0.39, 0.29) is 11.0 Å². The number of aryl methyl sites for hydroxylation is 3. The van der Waals surface area contributed by atoms with Crippen molar-refractivity contribution < 1.29 is 14.6 Å². The van der Waals surface area contributed by atoms with Gasteiger partial charge < -0.3 is 24.6 Å². The van der Waals surface area contributed by atoms with Crippen LogP contribution in [0.3, 0.4) is 0 Å². The van der Waals surface area contributed by atoms with Crippen LogP contribution in [0.4, 0.5) is 11.5 Å².